The van der Waals surface area contributed by atoms with E-state index in [1.807, 2.05) is 18.7 Å². The second-order valence-corrected chi connectivity index (χ2v) is 6.39. The molecule has 2 atom stereocenters. The third-order valence-corrected chi connectivity index (χ3v) is 4.91. The van der Waals surface area contributed by atoms with Crippen LogP contribution in [0, 0.1) is 0 Å². The van der Waals surface area contributed by atoms with Crippen molar-refractivity contribution >= 4 is 11.8 Å². The lowest BCUT2D eigenvalue weighted by atomic mass is 9.86. The van der Waals surface area contributed by atoms with Gasteiger partial charge in [-0.3, -0.25) is 9.59 Å². The second-order valence-electron chi connectivity index (χ2n) is 6.39. The van der Waals surface area contributed by atoms with Gasteiger partial charge < -0.3 is 15.0 Å². The van der Waals surface area contributed by atoms with Gasteiger partial charge in [0.1, 0.15) is 11.6 Å². The maximum Gasteiger partial charge on any atom is 0.246 e. The Balaban J connectivity index is 2.26. The Morgan fingerprint density at radius 1 is 1.38 bits per heavy atom. The first-order chi connectivity index (χ1) is 10.1. The van der Waals surface area contributed by atoms with Gasteiger partial charge in [-0.15, -0.1) is 0 Å². The zero-order valence-electron chi connectivity index (χ0n) is 13.5. The fourth-order valence-corrected chi connectivity index (χ4v) is 3.81. The molecule has 0 aromatic rings. The summed E-state index contributed by atoms with van der Waals surface area (Å²) < 4.78 is 5.15. The number of amides is 2. The summed E-state index contributed by atoms with van der Waals surface area (Å²) in [5.74, 6) is 0.157. The Morgan fingerprint density at radius 3 is 2.62 bits per heavy atom. The Morgan fingerprint density at radius 2 is 2.05 bits per heavy atom. The molecule has 5 nitrogen and oxygen atoms in total. The van der Waals surface area contributed by atoms with Crippen LogP contribution in [-0.4, -0.2) is 48.1 Å². The summed E-state index contributed by atoms with van der Waals surface area (Å²) in [4.78, 5) is 27.5. The number of methoxy groups -OCH3 is 1. The van der Waals surface area contributed by atoms with Gasteiger partial charge in [0, 0.05) is 19.8 Å². The molecule has 2 fully saturated rings. The number of ether oxygens (including phenoxy) is 1. The molecule has 0 bridgehead atoms. The van der Waals surface area contributed by atoms with Gasteiger partial charge >= 0.3 is 0 Å². The normalized spacial score (nSPS) is 26.2. The van der Waals surface area contributed by atoms with Gasteiger partial charge in [-0.1, -0.05) is 26.2 Å². The van der Waals surface area contributed by atoms with Crippen molar-refractivity contribution in [3.05, 3.63) is 0 Å². The molecule has 120 valence electrons. The number of nitrogens with zero attached hydrogens (tertiary/aromatic N) is 1. The number of carbonyl (C=O) groups is 2. The molecule has 2 rings (SSSR count). The number of hydrogen-bond donors (Lipinski definition) is 1. The topological polar surface area (TPSA) is 58.6 Å². The third kappa shape index (κ3) is 2.93. The summed E-state index contributed by atoms with van der Waals surface area (Å²) in [6.45, 7) is 4.69. The lowest BCUT2D eigenvalue weighted by Crippen LogP contribution is -2.71. The van der Waals surface area contributed by atoms with Gasteiger partial charge in [-0.05, 0) is 32.6 Å². The lowest BCUT2D eigenvalue weighted by Gasteiger charge is -2.49. The molecule has 0 radical (unpaired) electrons. The molecule has 0 aromatic heterocycles. The van der Waals surface area contributed by atoms with Crippen molar-refractivity contribution in [3.63, 3.8) is 0 Å². The lowest BCUT2D eigenvalue weighted by molar-refractivity contribution is -0.161. The molecule has 1 aliphatic heterocycles. The van der Waals surface area contributed by atoms with E-state index in [0.717, 1.165) is 38.5 Å². The van der Waals surface area contributed by atoms with E-state index in [9.17, 15) is 9.59 Å². The molecule has 1 spiro atoms. The van der Waals surface area contributed by atoms with Gasteiger partial charge in [-0.2, -0.15) is 0 Å². The molecule has 2 amide bonds. The average Bonchev–Trinajstić information content (AvgIpc) is 2.93. The fourth-order valence-electron chi connectivity index (χ4n) is 3.81. The van der Waals surface area contributed by atoms with Gasteiger partial charge in [0.25, 0.3) is 0 Å². The van der Waals surface area contributed by atoms with Crippen LogP contribution in [0.5, 0.6) is 0 Å². The summed E-state index contributed by atoms with van der Waals surface area (Å²) in [6.07, 6.45) is 6.01. The monoisotopic (exact) mass is 296 g/mol. The largest absolute Gasteiger partial charge is 0.385 e. The van der Waals surface area contributed by atoms with E-state index in [1.54, 1.807) is 7.11 Å². The standard InChI is InChI=1S/C16H28N2O3/c1-4-7-13-14(19)18(12(2)8-11-21-3)16(15(20)17-13)9-5-6-10-16/h12-13H,4-11H2,1-3H3,(H,17,20). The minimum Gasteiger partial charge on any atom is -0.385 e. The second kappa shape index (κ2) is 6.77. The predicted octanol–water partition coefficient (Wildman–Crippen LogP) is 1.85. The summed E-state index contributed by atoms with van der Waals surface area (Å²) in [5, 5.41) is 2.98. The van der Waals surface area contributed by atoms with Crippen LogP contribution in [-0.2, 0) is 14.3 Å². The first-order valence-corrected chi connectivity index (χ1v) is 8.20. The van der Waals surface area contributed by atoms with Gasteiger partial charge in [0.2, 0.25) is 11.8 Å². The highest BCUT2D eigenvalue weighted by Crippen LogP contribution is 2.40. The molecule has 1 saturated heterocycles. The van der Waals surface area contributed by atoms with E-state index in [-0.39, 0.29) is 23.9 Å². The maximum atomic E-state index is 12.9. The summed E-state index contributed by atoms with van der Waals surface area (Å²) in [6, 6.07) is -0.306. The van der Waals surface area contributed by atoms with Crippen LogP contribution in [0.25, 0.3) is 0 Å². The fraction of sp³-hybridized carbons (Fsp3) is 0.875. The van der Waals surface area contributed by atoms with E-state index < -0.39 is 5.54 Å². The molecule has 0 aromatic carbocycles. The van der Waals surface area contributed by atoms with Crippen molar-refractivity contribution in [2.24, 2.45) is 0 Å². The van der Waals surface area contributed by atoms with E-state index in [2.05, 4.69) is 5.32 Å². The molecule has 2 unspecified atom stereocenters. The van der Waals surface area contributed by atoms with Crippen LogP contribution in [0.2, 0.25) is 0 Å². The predicted molar refractivity (Wildman–Crippen MR) is 80.8 cm³/mol. The number of nitrogens with one attached hydrogen (secondary N) is 1. The number of rotatable bonds is 6. The number of hydrogen-bond acceptors (Lipinski definition) is 3. The highest BCUT2D eigenvalue weighted by atomic mass is 16.5. The van der Waals surface area contributed by atoms with Crippen LogP contribution in [0.1, 0.15) is 58.8 Å². The molecule has 5 heteroatoms. The number of piperazine rings is 1. The third-order valence-electron chi connectivity index (χ3n) is 4.91. The molecule has 1 N–H and O–H groups in total. The Labute approximate surface area is 127 Å². The maximum absolute atomic E-state index is 12.9. The molecule has 1 aliphatic carbocycles. The Kier molecular flexibility index (Phi) is 5.25. The SMILES string of the molecule is CCCC1NC(=O)C2(CCCC2)N(C(C)CCOC)C1=O. The minimum atomic E-state index is -0.603. The highest BCUT2D eigenvalue weighted by Gasteiger charge is 2.54. The Hall–Kier alpha value is -1.10. The summed E-state index contributed by atoms with van der Waals surface area (Å²) in [7, 11) is 1.67. The highest BCUT2D eigenvalue weighted by molar-refractivity contribution is 6.00. The molecule has 21 heavy (non-hydrogen) atoms. The zero-order chi connectivity index (χ0) is 15.5. The summed E-state index contributed by atoms with van der Waals surface area (Å²) >= 11 is 0. The van der Waals surface area contributed by atoms with Gasteiger partial charge in [0.15, 0.2) is 0 Å². The smallest absolute Gasteiger partial charge is 0.246 e. The van der Waals surface area contributed by atoms with Crippen molar-refractivity contribution in [2.45, 2.75) is 76.4 Å². The first-order valence-electron chi connectivity index (χ1n) is 8.20. The molecule has 1 heterocycles. The van der Waals surface area contributed by atoms with Crippen molar-refractivity contribution in [1.29, 1.82) is 0 Å². The van der Waals surface area contributed by atoms with E-state index in [4.69, 9.17) is 4.74 Å². The van der Waals surface area contributed by atoms with Gasteiger partial charge in [-0.25, -0.2) is 0 Å². The van der Waals surface area contributed by atoms with Crippen LogP contribution in [0.4, 0.5) is 0 Å². The molecular weight excluding hydrogens is 268 g/mol. The molecule has 1 saturated carbocycles. The average molecular weight is 296 g/mol. The van der Waals surface area contributed by atoms with Crippen molar-refractivity contribution in [1.82, 2.24) is 10.2 Å². The molecule has 2 aliphatic rings. The zero-order valence-corrected chi connectivity index (χ0v) is 13.5. The minimum absolute atomic E-state index is 0.0426. The summed E-state index contributed by atoms with van der Waals surface area (Å²) in [5.41, 5.74) is -0.603. The van der Waals surface area contributed by atoms with Crippen molar-refractivity contribution in [3.8, 4) is 0 Å². The van der Waals surface area contributed by atoms with Crippen LogP contribution >= 0.6 is 0 Å². The van der Waals surface area contributed by atoms with Crippen LogP contribution < -0.4 is 5.32 Å². The first kappa shape index (κ1) is 16.3. The number of carbonyl (C=O) groups excluding carboxylic acids is 2. The van der Waals surface area contributed by atoms with E-state index >= 15 is 0 Å². The molecular formula is C16H28N2O3. The van der Waals surface area contributed by atoms with Gasteiger partial charge in [0.05, 0.1) is 0 Å². The Bertz CT molecular complexity index is 391. The van der Waals surface area contributed by atoms with E-state index in [0.29, 0.717) is 13.0 Å². The van der Waals surface area contributed by atoms with E-state index in [1.165, 1.54) is 0 Å². The quantitative estimate of drug-likeness (QED) is 0.814. The van der Waals surface area contributed by atoms with Crippen molar-refractivity contribution in [2.75, 3.05) is 13.7 Å². The van der Waals surface area contributed by atoms with Crippen molar-refractivity contribution < 1.29 is 14.3 Å². The van der Waals surface area contributed by atoms with Crippen LogP contribution in [0.15, 0.2) is 0 Å². The van der Waals surface area contributed by atoms with Crippen LogP contribution in [0.3, 0.4) is 0 Å².